The number of nitrogens with zero attached hydrogens (tertiary/aromatic N) is 1. The number of aromatic carboxylic acids is 1. The SMILES string of the molecule is Cc1nc(C2CCCNC2)c(C(=O)O)s1. The number of carboxylic acid groups (broad SMARTS) is 1. The van der Waals surface area contributed by atoms with Crippen LogP contribution in [0.15, 0.2) is 0 Å². The van der Waals surface area contributed by atoms with Crippen molar-refractivity contribution in [3.8, 4) is 0 Å². The van der Waals surface area contributed by atoms with Gasteiger partial charge in [0, 0.05) is 12.5 Å². The van der Waals surface area contributed by atoms with Crippen molar-refractivity contribution in [2.45, 2.75) is 25.7 Å². The maximum Gasteiger partial charge on any atom is 0.347 e. The first-order chi connectivity index (χ1) is 7.18. The van der Waals surface area contributed by atoms with E-state index in [1.54, 1.807) is 0 Å². The number of hydrogen-bond acceptors (Lipinski definition) is 4. The lowest BCUT2D eigenvalue weighted by atomic mass is 9.95. The fraction of sp³-hybridized carbons (Fsp3) is 0.600. The summed E-state index contributed by atoms with van der Waals surface area (Å²) >= 11 is 1.28. The van der Waals surface area contributed by atoms with Gasteiger partial charge in [-0.2, -0.15) is 0 Å². The van der Waals surface area contributed by atoms with E-state index in [1.165, 1.54) is 11.3 Å². The van der Waals surface area contributed by atoms with Crippen LogP contribution in [0.1, 0.15) is 39.1 Å². The van der Waals surface area contributed by atoms with Gasteiger partial charge in [-0.3, -0.25) is 0 Å². The van der Waals surface area contributed by atoms with Crippen LogP contribution in [0.2, 0.25) is 0 Å². The van der Waals surface area contributed by atoms with Gasteiger partial charge in [0.25, 0.3) is 0 Å². The second-order valence-corrected chi connectivity index (χ2v) is 5.00. The topological polar surface area (TPSA) is 62.2 Å². The molecule has 1 aliphatic rings. The van der Waals surface area contributed by atoms with Crippen molar-refractivity contribution in [3.63, 3.8) is 0 Å². The quantitative estimate of drug-likeness (QED) is 0.804. The molecule has 0 spiro atoms. The van der Waals surface area contributed by atoms with Gasteiger partial charge in [0.1, 0.15) is 4.88 Å². The number of carbonyl (C=O) groups is 1. The highest BCUT2D eigenvalue weighted by molar-refractivity contribution is 7.13. The molecule has 1 atom stereocenters. The molecule has 0 bridgehead atoms. The van der Waals surface area contributed by atoms with Crippen LogP contribution in [0.25, 0.3) is 0 Å². The van der Waals surface area contributed by atoms with E-state index in [-0.39, 0.29) is 5.92 Å². The summed E-state index contributed by atoms with van der Waals surface area (Å²) < 4.78 is 0. The molecule has 0 aromatic carbocycles. The summed E-state index contributed by atoms with van der Waals surface area (Å²) in [6.45, 7) is 3.74. The van der Waals surface area contributed by atoms with Gasteiger partial charge < -0.3 is 10.4 Å². The Morgan fingerprint density at radius 1 is 1.67 bits per heavy atom. The molecule has 2 rings (SSSR count). The highest BCUT2D eigenvalue weighted by Gasteiger charge is 2.24. The highest BCUT2D eigenvalue weighted by Crippen LogP contribution is 2.29. The molecule has 2 heterocycles. The number of thiazole rings is 1. The molecule has 1 aromatic rings. The Morgan fingerprint density at radius 3 is 3.07 bits per heavy atom. The van der Waals surface area contributed by atoms with Crippen molar-refractivity contribution in [2.75, 3.05) is 13.1 Å². The molecule has 0 aliphatic carbocycles. The standard InChI is InChI=1S/C10H14N2O2S/c1-6-12-8(9(15-6)10(13)14)7-3-2-4-11-5-7/h7,11H,2-5H2,1H3,(H,13,14). The van der Waals surface area contributed by atoms with Crippen LogP contribution in [0.4, 0.5) is 0 Å². The molecule has 1 saturated heterocycles. The van der Waals surface area contributed by atoms with Crippen molar-refractivity contribution in [1.29, 1.82) is 0 Å². The fourth-order valence-corrected chi connectivity index (χ4v) is 2.80. The molecule has 0 saturated carbocycles. The van der Waals surface area contributed by atoms with E-state index in [9.17, 15) is 4.79 Å². The Bertz CT molecular complexity index is 369. The molecule has 1 unspecified atom stereocenters. The number of aryl methyl sites for hydroxylation is 1. The van der Waals surface area contributed by atoms with Crippen LogP contribution in [-0.4, -0.2) is 29.1 Å². The maximum absolute atomic E-state index is 11.0. The Balaban J connectivity index is 2.28. The number of hydrogen-bond donors (Lipinski definition) is 2. The van der Waals surface area contributed by atoms with Crippen LogP contribution >= 0.6 is 11.3 Å². The summed E-state index contributed by atoms with van der Waals surface area (Å²) in [5.74, 6) is -0.573. The molecule has 0 amide bonds. The Hall–Kier alpha value is -0.940. The summed E-state index contributed by atoms with van der Waals surface area (Å²) in [7, 11) is 0. The average Bonchev–Trinajstić information content (AvgIpc) is 2.62. The Labute approximate surface area is 92.3 Å². The summed E-state index contributed by atoms with van der Waals surface area (Å²) in [6, 6.07) is 0. The Morgan fingerprint density at radius 2 is 2.47 bits per heavy atom. The lowest BCUT2D eigenvalue weighted by Gasteiger charge is -2.21. The molecular weight excluding hydrogens is 212 g/mol. The number of piperidine rings is 1. The minimum Gasteiger partial charge on any atom is -0.477 e. The van der Waals surface area contributed by atoms with Crippen LogP contribution in [0.3, 0.4) is 0 Å². The van der Waals surface area contributed by atoms with E-state index in [0.29, 0.717) is 4.88 Å². The molecule has 2 N–H and O–H groups in total. The van der Waals surface area contributed by atoms with E-state index in [2.05, 4.69) is 10.3 Å². The molecule has 1 aromatic heterocycles. The van der Waals surface area contributed by atoms with Crippen LogP contribution in [0, 0.1) is 6.92 Å². The number of carboxylic acids is 1. The minimum atomic E-state index is -0.846. The summed E-state index contributed by atoms with van der Waals surface area (Å²) in [6.07, 6.45) is 2.14. The number of nitrogens with one attached hydrogen (secondary N) is 1. The van der Waals surface area contributed by atoms with Gasteiger partial charge in [-0.05, 0) is 26.3 Å². The largest absolute Gasteiger partial charge is 0.477 e. The smallest absolute Gasteiger partial charge is 0.347 e. The average molecular weight is 226 g/mol. The Kier molecular flexibility index (Phi) is 3.02. The van der Waals surface area contributed by atoms with E-state index in [1.807, 2.05) is 6.92 Å². The van der Waals surface area contributed by atoms with Crippen molar-refractivity contribution in [1.82, 2.24) is 10.3 Å². The summed E-state index contributed by atoms with van der Waals surface area (Å²) in [5.41, 5.74) is 0.775. The summed E-state index contributed by atoms with van der Waals surface area (Å²) in [5, 5.41) is 13.2. The molecule has 5 heteroatoms. The third-order valence-corrected chi connectivity index (χ3v) is 3.61. The van der Waals surface area contributed by atoms with Crippen molar-refractivity contribution >= 4 is 17.3 Å². The first kappa shape index (κ1) is 10.6. The summed E-state index contributed by atoms with van der Waals surface area (Å²) in [4.78, 5) is 15.8. The maximum atomic E-state index is 11.0. The predicted octanol–water partition coefficient (Wildman–Crippen LogP) is 1.62. The molecule has 4 nitrogen and oxygen atoms in total. The molecule has 15 heavy (non-hydrogen) atoms. The molecule has 1 fully saturated rings. The van der Waals surface area contributed by atoms with Gasteiger partial charge in [-0.1, -0.05) is 0 Å². The van der Waals surface area contributed by atoms with Crippen molar-refractivity contribution in [3.05, 3.63) is 15.6 Å². The third kappa shape index (κ3) is 2.18. The zero-order valence-corrected chi connectivity index (χ0v) is 9.43. The molecule has 82 valence electrons. The van der Waals surface area contributed by atoms with E-state index in [0.717, 1.165) is 36.6 Å². The number of aromatic nitrogens is 1. The molecule has 0 radical (unpaired) electrons. The number of rotatable bonds is 2. The van der Waals surface area contributed by atoms with E-state index < -0.39 is 5.97 Å². The lowest BCUT2D eigenvalue weighted by Crippen LogP contribution is -2.29. The second-order valence-electron chi connectivity index (χ2n) is 3.80. The van der Waals surface area contributed by atoms with Crippen molar-refractivity contribution < 1.29 is 9.90 Å². The zero-order valence-electron chi connectivity index (χ0n) is 8.62. The normalized spacial score (nSPS) is 21.5. The monoisotopic (exact) mass is 226 g/mol. The van der Waals surface area contributed by atoms with Crippen LogP contribution in [0.5, 0.6) is 0 Å². The van der Waals surface area contributed by atoms with Gasteiger partial charge in [0.15, 0.2) is 0 Å². The van der Waals surface area contributed by atoms with E-state index in [4.69, 9.17) is 5.11 Å². The van der Waals surface area contributed by atoms with Crippen LogP contribution < -0.4 is 5.32 Å². The van der Waals surface area contributed by atoms with Gasteiger partial charge in [0.05, 0.1) is 10.7 Å². The third-order valence-electron chi connectivity index (χ3n) is 2.64. The fourth-order valence-electron chi connectivity index (χ4n) is 1.96. The van der Waals surface area contributed by atoms with Gasteiger partial charge in [-0.15, -0.1) is 11.3 Å². The van der Waals surface area contributed by atoms with Gasteiger partial charge in [-0.25, -0.2) is 9.78 Å². The first-order valence-corrected chi connectivity index (χ1v) is 5.91. The highest BCUT2D eigenvalue weighted by atomic mass is 32.1. The first-order valence-electron chi connectivity index (χ1n) is 5.10. The van der Waals surface area contributed by atoms with Crippen LogP contribution in [-0.2, 0) is 0 Å². The predicted molar refractivity (Wildman–Crippen MR) is 58.7 cm³/mol. The minimum absolute atomic E-state index is 0.273. The van der Waals surface area contributed by atoms with Gasteiger partial charge in [0.2, 0.25) is 0 Å². The van der Waals surface area contributed by atoms with E-state index >= 15 is 0 Å². The van der Waals surface area contributed by atoms with Crippen molar-refractivity contribution in [2.24, 2.45) is 0 Å². The zero-order chi connectivity index (χ0) is 10.8. The second kappa shape index (κ2) is 4.28. The molecule has 1 aliphatic heterocycles. The molecular formula is C10H14N2O2S. The van der Waals surface area contributed by atoms with Gasteiger partial charge >= 0.3 is 5.97 Å². The lowest BCUT2D eigenvalue weighted by molar-refractivity contribution is 0.0700.